The highest BCUT2D eigenvalue weighted by molar-refractivity contribution is 4.89. The molecule has 0 aromatic carbocycles. The number of hydrogen-bond donors (Lipinski definition) is 1. The molecule has 1 heteroatoms. The van der Waals surface area contributed by atoms with E-state index in [2.05, 4.69) is 26.1 Å². The number of hydrogen-bond acceptors (Lipinski definition) is 1. The number of nitrogens with one attached hydrogen (secondary N) is 1. The van der Waals surface area contributed by atoms with E-state index in [-0.39, 0.29) is 0 Å². The van der Waals surface area contributed by atoms with E-state index >= 15 is 0 Å². The SMILES string of the molecule is CCNC1CCCC1(C)C. The first kappa shape index (κ1) is 8.06. The molecule has 0 heterocycles. The molecule has 10 heavy (non-hydrogen) atoms. The Bertz CT molecular complexity index is 107. The van der Waals surface area contributed by atoms with Gasteiger partial charge in [-0.1, -0.05) is 27.2 Å². The Hall–Kier alpha value is -0.0400. The highest BCUT2D eigenvalue weighted by atomic mass is 14.9. The molecule has 0 aromatic heterocycles. The van der Waals surface area contributed by atoms with Crippen molar-refractivity contribution >= 4 is 0 Å². The zero-order valence-electron chi connectivity index (χ0n) is 7.41. The van der Waals surface area contributed by atoms with Crippen molar-refractivity contribution in [2.45, 2.75) is 46.1 Å². The van der Waals surface area contributed by atoms with Gasteiger partial charge < -0.3 is 5.32 Å². The third-order valence-electron chi connectivity index (χ3n) is 2.71. The van der Waals surface area contributed by atoms with Crippen molar-refractivity contribution in [2.75, 3.05) is 6.54 Å². The van der Waals surface area contributed by atoms with Crippen molar-refractivity contribution < 1.29 is 0 Å². The molecule has 1 atom stereocenters. The molecular weight excluding hydrogens is 122 g/mol. The second-order valence-corrected chi connectivity index (χ2v) is 3.99. The fourth-order valence-corrected chi connectivity index (χ4v) is 1.95. The van der Waals surface area contributed by atoms with E-state index in [1.165, 1.54) is 19.3 Å². The minimum Gasteiger partial charge on any atom is -0.314 e. The molecule has 60 valence electrons. The van der Waals surface area contributed by atoms with E-state index in [0.717, 1.165) is 12.6 Å². The maximum Gasteiger partial charge on any atom is 0.0118 e. The van der Waals surface area contributed by atoms with E-state index in [9.17, 15) is 0 Å². The van der Waals surface area contributed by atoms with Crippen LogP contribution >= 0.6 is 0 Å². The fraction of sp³-hybridized carbons (Fsp3) is 1.00. The summed E-state index contributed by atoms with van der Waals surface area (Å²) in [4.78, 5) is 0. The summed E-state index contributed by atoms with van der Waals surface area (Å²) in [5.41, 5.74) is 0.552. The highest BCUT2D eigenvalue weighted by Gasteiger charge is 2.33. The van der Waals surface area contributed by atoms with Gasteiger partial charge >= 0.3 is 0 Å². The van der Waals surface area contributed by atoms with Gasteiger partial charge in [0.05, 0.1) is 0 Å². The predicted octanol–water partition coefficient (Wildman–Crippen LogP) is 2.17. The zero-order valence-corrected chi connectivity index (χ0v) is 7.41. The third kappa shape index (κ3) is 1.51. The van der Waals surface area contributed by atoms with Gasteiger partial charge in [-0.05, 0) is 24.8 Å². The first-order valence-corrected chi connectivity index (χ1v) is 4.40. The van der Waals surface area contributed by atoms with E-state index < -0.39 is 0 Å². The Morgan fingerprint density at radius 2 is 2.20 bits per heavy atom. The first-order chi connectivity index (χ1) is 4.67. The van der Waals surface area contributed by atoms with Crippen LogP contribution in [0.2, 0.25) is 0 Å². The van der Waals surface area contributed by atoms with Crippen LogP contribution in [0, 0.1) is 5.41 Å². The van der Waals surface area contributed by atoms with Gasteiger partial charge in [0, 0.05) is 6.04 Å². The van der Waals surface area contributed by atoms with Crippen molar-refractivity contribution in [1.29, 1.82) is 0 Å². The largest absolute Gasteiger partial charge is 0.314 e. The molecule has 1 N–H and O–H groups in total. The Morgan fingerprint density at radius 3 is 2.60 bits per heavy atom. The van der Waals surface area contributed by atoms with Crippen LogP contribution in [0.3, 0.4) is 0 Å². The first-order valence-electron chi connectivity index (χ1n) is 4.40. The Balaban J connectivity index is 2.43. The second kappa shape index (κ2) is 2.91. The maximum absolute atomic E-state index is 3.53. The predicted molar refractivity (Wildman–Crippen MR) is 45.1 cm³/mol. The summed E-state index contributed by atoms with van der Waals surface area (Å²) in [6, 6.07) is 0.775. The van der Waals surface area contributed by atoms with Crippen molar-refractivity contribution in [3.05, 3.63) is 0 Å². The third-order valence-corrected chi connectivity index (χ3v) is 2.71. The molecule has 0 spiro atoms. The van der Waals surface area contributed by atoms with Crippen LogP contribution in [-0.4, -0.2) is 12.6 Å². The van der Waals surface area contributed by atoms with Gasteiger partial charge in [0.25, 0.3) is 0 Å². The summed E-state index contributed by atoms with van der Waals surface area (Å²) in [6.07, 6.45) is 4.18. The van der Waals surface area contributed by atoms with Gasteiger partial charge in [-0.2, -0.15) is 0 Å². The minimum atomic E-state index is 0.552. The van der Waals surface area contributed by atoms with Crippen molar-refractivity contribution in [3.8, 4) is 0 Å². The van der Waals surface area contributed by atoms with Crippen LogP contribution < -0.4 is 5.32 Å². The van der Waals surface area contributed by atoms with Crippen molar-refractivity contribution in [3.63, 3.8) is 0 Å². The molecule has 1 saturated carbocycles. The summed E-state index contributed by atoms with van der Waals surface area (Å²) in [5.74, 6) is 0. The molecule has 0 saturated heterocycles. The van der Waals surface area contributed by atoms with Gasteiger partial charge in [0.2, 0.25) is 0 Å². The lowest BCUT2D eigenvalue weighted by Crippen LogP contribution is -2.37. The minimum absolute atomic E-state index is 0.552. The van der Waals surface area contributed by atoms with E-state index in [4.69, 9.17) is 0 Å². The molecule has 1 unspecified atom stereocenters. The monoisotopic (exact) mass is 141 g/mol. The van der Waals surface area contributed by atoms with Gasteiger partial charge in [0.1, 0.15) is 0 Å². The molecule has 0 radical (unpaired) electrons. The lowest BCUT2D eigenvalue weighted by atomic mass is 9.87. The molecule has 0 aromatic rings. The number of rotatable bonds is 2. The maximum atomic E-state index is 3.53. The summed E-state index contributed by atoms with van der Waals surface area (Å²) in [6.45, 7) is 8.04. The molecule has 0 amide bonds. The molecule has 0 aliphatic heterocycles. The highest BCUT2D eigenvalue weighted by Crippen LogP contribution is 2.36. The van der Waals surface area contributed by atoms with Crippen LogP contribution in [0.25, 0.3) is 0 Å². The van der Waals surface area contributed by atoms with Gasteiger partial charge in [0.15, 0.2) is 0 Å². The Labute approximate surface area is 64.2 Å². The quantitative estimate of drug-likeness (QED) is 0.621. The molecule has 1 nitrogen and oxygen atoms in total. The van der Waals surface area contributed by atoms with E-state index in [1.807, 2.05) is 0 Å². The van der Waals surface area contributed by atoms with Crippen LogP contribution in [0.1, 0.15) is 40.0 Å². The van der Waals surface area contributed by atoms with Gasteiger partial charge in [-0.25, -0.2) is 0 Å². The average molecular weight is 141 g/mol. The molecule has 1 rings (SSSR count). The zero-order chi connectivity index (χ0) is 7.61. The van der Waals surface area contributed by atoms with Crippen LogP contribution in [-0.2, 0) is 0 Å². The summed E-state index contributed by atoms with van der Waals surface area (Å²) < 4.78 is 0. The fourth-order valence-electron chi connectivity index (χ4n) is 1.95. The molecule has 1 aliphatic carbocycles. The lowest BCUT2D eigenvalue weighted by molar-refractivity contribution is 0.288. The molecular formula is C9H19N. The normalized spacial score (nSPS) is 30.9. The lowest BCUT2D eigenvalue weighted by Gasteiger charge is -2.27. The summed E-state index contributed by atoms with van der Waals surface area (Å²) in [7, 11) is 0. The second-order valence-electron chi connectivity index (χ2n) is 3.99. The van der Waals surface area contributed by atoms with Gasteiger partial charge in [-0.15, -0.1) is 0 Å². The van der Waals surface area contributed by atoms with E-state index in [1.54, 1.807) is 0 Å². The summed E-state index contributed by atoms with van der Waals surface area (Å²) >= 11 is 0. The van der Waals surface area contributed by atoms with Crippen molar-refractivity contribution in [1.82, 2.24) is 5.32 Å². The van der Waals surface area contributed by atoms with E-state index in [0.29, 0.717) is 5.41 Å². The molecule has 1 aliphatic rings. The smallest absolute Gasteiger partial charge is 0.0118 e. The molecule has 0 bridgehead atoms. The van der Waals surface area contributed by atoms with Crippen LogP contribution in [0.4, 0.5) is 0 Å². The van der Waals surface area contributed by atoms with Crippen LogP contribution in [0.5, 0.6) is 0 Å². The standard InChI is InChI=1S/C9H19N/c1-4-10-8-6-5-7-9(8,2)3/h8,10H,4-7H2,1-3H3. The Kier molecular flexibility index (Phi) is 2.35. The molecule has 1 fully saturated rings. The van der Waals surface area contributed by atoms with Gasteiger partial charge in [-0.3, -0.25) is 0 Å². The summed E-state index contributed by atoms with van der Waals surface area (Å²) in [5, 5.41) is 3.53. The topological polar surface area (TPSA) is 12.0 Å². The Morgan fingerprint density at radius 1 is 1.50 bits per heavy atom. The van der Waals surface area contributed by atoms with Crippen molar-refractivity contribution in [2.24, 2.45) is 5.41 Å². The van der Waals surface area contributed by atoms with Crippen LogP contribution in [0.15, 0.2) is 0 Å². The average Bonchev–Trinajstić information content (AvgIpc) is 2.13.